The molecule has 0 aromatic carbocycles. The second kappa shape index (κ2) is 5.86. The highest BCUT2D eigenvalue weighted by Gasteiger charge is 2.47. The van der Waals surface area contributed by atoms with E-state index in [-0.39, 0.29) is 30.1 Å². The van der Waals surface area contributed by atoms with Crippen molar-refractivity contribution < 1.29 is 9.00 Å². The molecule has 2 unspecified atom stereocenters. The number of aromatic nitrogens is 3. The second-order valence-electron chi connectivity index (χ2n) is 7.45. The molecule has 1 spiro atoms. The molecule has 2 amide bonds. The summed E-state index contributed by atoms with van der Waals surface area (Å²) in [6.07, 6.45) is 5.16. The van der Waals surface area contributed by atoms with Gasteiger partial charge in [-0.2, -0.15) is 5.10 Å². The summed E-state index contributed by atoms with van der Waals surface area (Å²) in [6, 6.07) is -0.0185. The number of urea groups is 1. The fourth-order valence-electron chi connectivity index (χ4n) is 4.30. The van der Waals surface area contributed by atoms with Crippen molar-refractivity contribution in [3.05, 3.63) is 16.3 Å². The highest BCUT2D eigenvalue weighted by Crippen LogP contribution is 2.38. The van der Waals surface area contributed by atoms with Gasteiger partial charge >= 0.3 is 11.7 Å². The van der Waals surface area contributed by atoms with Crippen LogP contribution >= 0.6 is 0 Å². The Kier molecular flexibility index (Phi) is 3.89. The van der Waals surface area contributed by atoms with Crippen molar-refractivity contribution in [2.24, 2.45) is 0 Å². The van der Waals surface area contributed by atoms with Crippen LogP contribution in [-0.4, -0.2) is 53.5 Å². The predicted octanol–water partition coefficient (Wildman–Crippen LogP) is 0.791. The molecule has 2 saturated heterocycles. The van der Waals surface area contributed by atoms with Crippen LogP contribution in [0, 0.1) is 4.78 Å². The van der Waals surface area contributed by atoms with Crippen molar-refractivity contribution in [3.63, 3.8) is 0 Å². The van der Waals surface area contributed by atoms with Crippen molar-refractivity contribution in [1.29, 1.82) is 4.78 Å². The predicted molar refractivity (Wildman–Crippen MR) is 91.9 cm³/mol. The molecule has 3 fully saturated rings. The minimum absolute atomic E-state index is 0.191. The molecule has 0 radical (unpaired) electrons. The normalized spacial score (nSPS) is 32.2. The van der Waals surface area contributed by atoms with Gasteiger partial charge in [-0.15, -0.1) is 0 Å². The first-order valence-electron chi connectivity index (χ1n) is 8.86. The van der Waals surface area contributed by atoms with Crippen molar-refractivity contribution >= 4 is 15.8 Å². The molecule has 9 nitrogen and oxygen atoms in total. The van der Waals surface area contributed by atoms with Crippen LogP contribution < -0.4 is 11.0 Å². The number of aromatic amines is 1. The van der Waals surface area contributed by atoms with Gasteiger partial charge in [0.1, 0.15) is 0 Å². The number of hydrogen-bond acceptors (Lipinski definition) is 5. The van der Waals surface area contributed by atoms with Gasteiger partial charge in [-0.25, -0.2) is 18.9 Å². The molecule has 3 heterocycles. The first kappa shape index (κ1) is 16.6. The zero-order valence-electron chi connectivity index (χ0n) is 14.1. The lowest BCUT2D eigenvalue weighted by Gasteiger charge is -2.41. The van der Waals surface area contributed by atoms with Gasteiger partial charge < -0.3 is 10.2 Å². The Labute approximate surface area is 146 Å². The molecule has 1 aliphatic carbocycles. The summed E-state index contributed by atoms with van der Waals surface area (Å²) in [5, 5.41) is 9.34. The number of likely N-dealkylation sites (tertiary alicyclic amines) is 1. The fourth-order valence-corrected chi connectivity index (χ4v) is 6.37. The van der Waals surface area contributed by atoms with E-state index in [0.717, 1.165) is 38.5 Å². The van der Waals surface area contributed by atoms with Crippen LogP contribution in [0.4, 0.5) is 4.79 Å². The first-order valence-corrected chi connectivity index (χ1v) is 10.8. The highest BCUT2D eigenvalue weighted by atomic mass is 32.2. The van der Waals surface area contributed by atoms with E-state index in [4.69, 9.17) is 4.78 Å². The van der Waals surface area contributed by atoms with Crippen LogP contribution in [0.3, 0.4) is 0 Å². The lowest BCUT2D eigenvalue weighted by molar-refractivity contribution is 0.148. The van der Waals surface area contributed by atoms with E-state index >= 15 is 0 Å². The minimum Gasteiger partial charge on any atom is -0.331 e. The smallest absolute Gasteiger partial charge is 0.331 e. The Morgan fingerprint density at radius 3 is 2.88 bits per heavy atom. The molecular formula is C15H24N6O3S. The summed E-state index contributed by atoms with van der Waals surface area (Å²) in [5.41, 5.74) is -0.672. The van der Waals surface area contributed by atoms with E-state index in [2.05, 4.69) is 15.5 Å². The molecule has 2 aliphatic heterocycles. The van der Waals surface area contributed by atoms with E-state index in [1.165, 1.54) is 0 Å². The van der Waals surface area contributed by atoms with Gasteiger partial charge in [0.05, 0.1) is 17.8 Å². The maximum atomic E-state index is 12.7. The van der Waals surface area contributed by atoms with Crippen molar-refractivity contribution in [2.75, 3.05) is 18.1 Å². The van der Waals surface area contributed by atoms with Gasteiger partial charge in [-0.3, -0.25) is 9.35 Å². The molecule has 3 N–H and O–H groups in total. The lowest BCUT2D eigenvalue weighted by atomic mass is 9.92. The minimum atomic E-state index is -2.60. The number of H-pyrrole nitrogens is 1. The summed E-state index contributed by atoms with van der Waals surface area (Å²) in [4.78, 5) is 26.3. The zero-order valence-corrected chi connectivity index (χ0v) is 14.9. The molecule has 1 aromatic heterocycles. The average Bonchev–Trinajstić information content (AvgIpc) is 3.20. The molecule has 3 aliphatic rings. The van der Waals surface area contributed by atoms with Crippen LogP contribution in [0.15, 0.2) is 4.79 Å². The largest absolute Gasteiger partial charge is 0.343 e. The van der Waals surface area contributed by atoms with Crippen molar-refractivity contribution in [2.45, 2.75) is 56.7 Å². The van der Waals surface area contributed by atoms with Gasteiger partial charge in [0.25, 0.3) is 0 Å². The van der Waals surface area contributed by atoms with Crippen LogP contribution in [0.2, 0.25) is 0 Å². The summed E-state index contributed by atoms with van der Waals surface area (Å²) in [7, 11) is -2.60. The fraction of sp³-hybridized carbons (Fsp3) is 0.800. The Bertz CT molecular complexity index is 840. The number of nitrogens with one attached hydrogen (secondary N) is 3. The summed E-state index contributed by atoms with van der Waals surface area (Å²) in [6.45, 7) is 0.814. The quantitative estimate of drug-likeness (QED) is 0.729. The van der Waals surface area contributed by atoms with E-state index in [1.807, 2.05) is 0 Å². The summed E-state index contributed by atoms with van der Waals surface area (Å²) < 4.78 is 21.9. The highest BCUT2D eigenvalue weighted by molar-refractivity contribution is 7.92. The first-order chi connectivity index (χ1) is 11.9. The summed E-state index contributed by atoms with van der Waals surface area (Å²) in [5.74, 6) is 1.26. The van der Waals surface area contributed by atoms with E-state index < -0.39 is 15.3 Å². The molecule has 10 heteroatoms. The van der Waals surface area contributed by atoms with Gasteiger partial charge in [0, 0.05) is 28.1 Å². The van der Waals surface area contributed by atoms with E-state index in [1.54, 1.807) is 9.47 Å². The molecule has 4 rings (SSSR count). The van der Waals surface area contributed by atoms with Crippen molar-refractivity contribution in [3.8, 4) is 0 Å². The number of carbonyl (C=O) groups is 1. The second-order valence-corrected chi connectivity index (χ2v) is 9.77. The number of rotatable bonds is 3. The molecule has 25 heavy (non-hydrogen) atoms. The number of nitrogens with zero attached hydrogens (tertiary/aromatic N) is 3. The van der Waals surface area contributed by atoms with E-state index in [0.29, 0.717) is 18.1 Å². The molecule has 1 aromatic rings. The third-order valence-electron chi connectivity index (χ3n) is 5.55. The van der Waals surface area contributed by atoms with Gasteiger partial charge in [-0.1, -0.05) is 0 Å². The monoisotopic (exact) mass is 368 g/mol. The molecule has 138 valence electrons. The Hall–Kier alpha value is -1.84. The van der Waals surface area contributed by atoms with Gasteiger partial charge in [0.2, 0.25) is 0 Å². The Balaban J connectivity index is 1.47. The number of amides is 2. The zero-order chi connectivity index (χ0) is 17.7. The van der Waals surface area contributed by atoms with Gasteiger partial charge in [-0.05, 0) is 38.5 Å². The van der Waals surface area contributed by atoms with Crippen LogP contribution in [-0.2, 0) is 16.3 Å². The van der Waals surface area contributed by atoms with Gasteiger partial charge in [0.15, 0.2) is 5.82 Å². The van der Waals surface area contributed by atoms with Crippen LogP contribution in [0.5, 0.6) is 0 Å². The number of carbonyl (C=O) groups excluding carboxylic acids is 1. The summed E-state index contributed by atoms with van der Waals surface area (Å²) >= 11 is 0. The maximum Gasteiger partial charge on any atom is 0.343 e. The topological polar surface area (TPSA) is 124 Å². The lowest BCUT2D eigenvalue weighted by Crippen LogP contribution is -2.56. The molecular weight excluding hydrogens is 344 g/mol. The third kappa shape index (κ3) is 3.07. The third-order valence-corrected chi connectivity index (χ3v) is 7.50. The van der Waals surface area contributed by atoms with E-state index in [9.17, 15) is 13.8 Å². The maximum absolute atomic E-state index is 12.7. The number of hydrogen-bond donors (Lipinski definition) is 3. The molecule has 0 bridgehead atoms. The SMILES string of the molecule is N=S1(=O)CCCC2(CCCN2C(=O)NCc2n[nH]c(=O)n2C2CC2)C1. The Morgan fingerprint density at radius 2 is 2.16 bits per heavy atom. The van der Waals surface area contributed by atoms with Crippen molar-refractivity contribution in [1.82, 2.24) is 25.0 Å². The van der Waals surface area contributed by atoms with Crippen LogP contribution in [0.1, 0.15) is 50.4 Å². The molecule has 1 saturated carbocycles. The Morgan fingerprint density at radius 1 is 1.40 bits per heavy atom. The van der Waals surface area contributed by atoms with Crippen LogP contribution in [0.25, 0.3) is 0 Å². The molecule has 2 atom stereocenters. The standard InChI is InChI=1S/C15H24N6O3S/c16-25(24)8-2-6-15(10-25)5-1-7-20(15)13(22)17-9-12-18-19-14(23)21(12)11-3-4-11/h11,16H,1-10H2,(H,17,22)(H,19,23). The average molecular weight is 368 g/mol.